The van der Waals surface area contributed by atoms with Crippen LogP contribution < -0.4 is 4.72 Å². The Balaban J connectivity index is 1.85. The molecule has 0 fully saturated rings. The maximum absolute atomic E-state index is 12.1. The van der Waals surface area contributed by atoms with Crippen LogP contribution in [0.4, 0.5) is 0 Å². The molecule has 0 bridgehead atoms. The third-order valence-electron chi connectivity index (χ3n) is 3.27. The molecule has 0 saturated carbocycles. The van der Waals surface area contributed by atoms with Gasteiger partial charge in [0, 0.05) is 19.3 Å². The molecule has 1 N–H and O–H groups in total. The highest BCUT2D eigenvalue weighted by molar-refractivity contribution is 7.89. The molecule has 0 unspecified atom stereocenters. The SMILES string of the molecule is CCc1ccc(S(=O)(=O)NCCCn2ccc(C)n2)cc1. The van der Waals surface area contributed by atoms with Crippen molar-refractivity contribution in [3.8, 4) is 0 Å². The van der Waals surface area contributed by atoms with Gasteiger partial charge in [-0.05, 0) is 43.5 Å². The van der Waals surface area contributed by atoms with Crippen molar-refractivity contribution in [2.45, 2.75) is 38.1 Å². The van der Waals surface area contributed by atoms with Gasteiger partial charge in [-0.2, -0.15) is 5.10 Å². The van der Waals surface area contributed by atoms with E-state index in [4.69, 9.17) is 0 Å². The van der Waals surface area contributed by atoms with Gasteiger partial charge in [-0.25, -0.2) is 13.1 Å². The van der Waals surface area contributed by atoms with Crippen LogP contribution in [0.2, 0.25) is 0 Å². The second-order valence-corrected chi connectivity index (χ2v) is 6.74. The summed E-state index contributed by atoms with van der Waals surface area (Å²) in [5.41, 5.74) is 2.09. The summed E-state index contributed by atoms with van der Waals surface area (Å²) in [5, 5.41) is 4.26. The molecule has 2 rings (SSSR count). The van der Waals surface area contributed by atoms with Crippen LogP contribution in [-0.2, 0) is 23.0 Å². The average Bonchev–Trinajstić information content (AvgIpc) is 2.89. The molecule has 0 radical (unpaired) electrons. The molecule has 21 heavy (non-hydrogen) atoms. The van der Waals surface area contributed by atoms with Gasteiger partial charge in [-0.1, -0.05) is 19.1 Å². The van der Waals surface area contributed by atoms with Crippen molar-refractivity contribution in [3.63, 3.8) is 0 Å². The number of hydrogen-bond acceptors (Lipinski definition) is 3. The van der Waals surface area contributed by atoms with Crippen LogP contribution in [0.3, 0.4) is 0 Å². The fourth-order valence-electron chi connectivity index (χ4n) is 2.02. The lowest BCUT2D eigenvalue weighted by Gasteiger charge is -2.07. The Hall–Kier alpha value is -1.66. The molecule has 0 spiro atoms. The van der Waals surface area contributed by atoms with Crippen molar-refractivity contribution in [1.82, 2.24) is 14.5 Å². The van der Waals surface area contributed by atoms with E-state index in [0.717, 1.165) is 17.7 Å². The predicted octanol–water partition coefficient (Wildman–Crippen LogP) is 2.12. The lowest BCUT2D eigenvalue weighted by Crippen LogP contribution is -2.25. The van der Waals surface area contributed by atoms with Crippen LogP contribution in [0.15, 0.2) is 41.4 Å². The summed E-state index contributed by atoms with van der Waals surface area (Å²) in [6.45, 7) is 5.07. The number of rotatable bonds is 7. The fraction of sp³-hybridized carbons (Fsp3) is 0.400. The van der Waals surface area contributed by atoms with Crippen molar-refractivity contribution >= 4 is 10.0 Å². The number of aryl methyl sites for hydroxylation is 3. The first-order valence-electron chi connectivity index (χ1n) is 7.10. The highest BCUT2D eigenvalue weighted by atomic mass is 32.2. The zero-order valence-electron chi connectivity index (χ0n) is 12.4. The Labute approximate surface area is 126 Å². The molecule has 0 amide bonds. The number of sulfonamides is 1. The third-order valence-corrected chi connectivity index (χ3v) is 4.75. The molecule has 0 atom stereocenters. The van der Waals surface area contributed by atoms with Gasteiger partial charge in [-0.15, -0.1) is 0 Å². The molecule has 5 nitrogen and oxygen atoms in total. The van der Waals surface area contributed by atoms with Crippen LogP contribution in [0.25, 0.3) is 0 Å². The highest BCUT2D eigenvalue weighted by Gasteiger charge is 2.12. The molecule has 0 saturated heterocycles. The summed E-state index contributed by atoms with van der Waals surface area (Å²) in [5.74, 6) is 0. The Bertz CT molecular complexity index is 675. The minimum absolute atomic E-state index is 0.314. The molecule has 0 aliphatic heterocycles. The fourth-order valence-corrected chi connectivity index (χ4v) is 3.10. The van der Waals surface area contributed by atoms with Crippen LogP contribution in [0.1, 0.15) is 24.6 Å². The molecule has 6 heteroatoms. The van der Waals surface area contributed by atoms with Gasteiger partial charge >= 0.3 is 0 Å². The molecule has 1 aromatic heterocycles. The first-order valence-corrected chi connectivity index (χ1v) is 8.58. The van der Waals surface area contributed by atoms with E-state index in [1.165, 1.54) is 0 Å². The molecule has 114 valence electrons. The second-order valence-electron chi connectivity index (χ2n) is 4.97. The first-order chi connectivity index (χ1) is 10.0. The first kappa shape index (κ1) is 15.7. The number of hydrogen-bond donors (Lipinski definition) is 1. The zero-order valence-corrected chi connectivity index (χ0v) is 13.2. The average molecular weight is 307 g/mol. The summed E-state index contributed by atoms with van der Waals surface area (Å²) >= 11 is 0. The lowest BCUT2D eigenvalue weighted by molar-refractivity contribution is 0.551. The Kier molecular flexibility index (Phi) is 5.14. The standard InChI is InChI=1S/C15H21N3O2S/c1-3-14-5-7-15(8-6-14)21(19,20)16-10-4-11-18-12-9-13(2)17-18/h5-9,12,16H,3-4,10-11H2,1-2H3. The van der Waals surface area contributed by atoms with Crippen molar-refractivity contribution in [2.75, 3.05) is 6.54 Å². The van der Waals surface area contributed by atoms with E-state index < -0.39 is 10.0 Å². The molecule has 0 aliphatic rings. The summed E-state index contributed by atoms with van der Waals surface area (Å²) in [6, 6.07) is 8.93. The monoisotopic (exact) mass is 307 g/mol. The topological polar surface area (TPSA) is 64.0 Å². The molecule has 1 aromatic carbocycles. The van der Waals surface area contributed by atoms with Crippen molar-refractivity contribution in [3.05, 3.63) is 47.8 Å². The Morgan fingerprint density at radius 2 is 1.90 bits per heavy atom. The molecule has 1 heterocycles. The molecular weight excluding hydrogens is 286 g/mol. The van der Waals surface area contributed by atoms with E-state index in [2.05, 4.69) is 9.82 Å². The molecular formula is C15H21N3O2S. The van der Waals surface area contributed by atoms with E-state index in [1.54, 1.807) is 12.1 Å². The summed E-state index contributed by atoms with van der Waals surface area (Å²) < 4.78 is 28.7. The van der Waals surface area contributed by atoms with Gasteiger partial charge in [0.2, 0.25) is 10.0 Å². The van der Waals surface area contributed by atoms with Crippen LogP contribution >= 0.6 is 0 Å². The van der Waals surface area contributed by atoms with Gasteiger partial charge in [0.25, 0.3) is 0 Å². The molecule has 2 aromatic rings. The lowest BCUT2D eigenvalue weighted by atomic mass is 10.2. The maximum atomic E-state index is 12.1. The van der Waals surface area contributed by atoms with Gasteiger partial charge < -0.3 is 0 Å². The van der Waals surface area contributed by atoms with E-state index in [9.17, 15) is 8.42 Å². The Morgan fingerprint density at radius 1 is 1.19 bits per heavy atom. The maximum Gasteiger partial charge on any atom is 0.240 e. The van der Waals surface area contributed by atoms with Gasteiger partial charge in [0.1, 0.15) is 0 Å². The predicted molar refractivity (Wildman–Crippen MR) is 82.6 cm³/mol. The van der Waals surface area contributed by atoms with E-state index in [1.807, 2.05) is 42.9 Å². The largest absolute Gasteiger partial charge is 0.272 e. The normalized spacial score (nSPS) is 11.7. The van der Waals surface area contributed by atoms with E-state index in [0.29, 0.717) is 24.4 Å². The van der Waals surface area contributed by atoms with Crippen LogP contribution in [0.5, 0.6) is 0 Å². The number of benzene rings is 1. The third kappa shape index (κ3) is 4.41. The summed E-state index contributed by atoms with van der Waals surface area (Å²) in [6.07, 6.45) is 3.50. The number of nitrogens with zero attached hydrogens (tertiary/aromatic N) is 2. The van der Waals surface area contributed by atoms with Crippen molar-refractivity contribution in [2.24, 2.45) is 0 Å². The van der Waals surface area contributed by atoms with Crippen molar-refractivity contribution in [1.29, 1.82) is 0 Å². The van der Waals surface area contributed by atoms with Crippen molar-refractivity contribution < 1.29 is 8.42 Å². The minimum atomic E-state index is -3.41. The summed E-state index contributed by atoms with van der Waals surface area (Å²) in [4.78, 5) is 0.314. The smallest absolute Gasteiger partial charge is 0.240 e. The van der Waals surface area contributed by atoms with E-state index >= 15 is 0 Å². The quantitative estimate of drug-likeness (QED) is 0.797. The van der Waals surface area contributed by atoms with Gasteiger partial charge in [0.15, 0.2) is 0 Å². The van der Waals surface area contributed by atoms with Gasteiger partial charge in [0.05, 0.1) is 10.6 Å². The van der Waals surface area contributed by atoms with Crippen LogP contribution in [0, 0.1) is 6.92 Å². The van der Waals surface area contributed by atoms with Gasteiger partial charge in [-0.3, -0.25) is 4.68 Å². The minimum Gasteiger partial charge on any atom is -0.272 e. The summed E-state index contributed by atoms with van der Waals surface area (Å²) in [7, 11) is -3.41. The van der Waals surface area contributed by atoms with Crippen LogP contribution in [-0.4, -0.2) is 24.7 Å². The van der Waals surface area contributed by atoms with E-state index in [-0.39, 0.29) is 0 Å². The Morgan fingerprint density at radius 3 is 2.48 bits per heavy atom. The molecule has 0 aliphatic carbocycles. The second kappa shape index (κ2) is 6.87. The number of nitrogens with one attached hydrogen (secondary N) is 1. The number of aromatic nitrogens is 2. The highest BCUT2D eigenvalue weighted by Crippen LogP contribution is 2.10. The zero-order chi connectivity index (χ0) is 15.3.